The van der Waals surface area contributed by atoms with Crippen LogP contribution in [0.1, 0.15) is 10.4 Å². The van der Waals surface area contributed by atoms with Gasteiger partial charge in [-0.1, -0.05) is 6.07 Å². The molecule has 0 aliphatic heterocycles. The Labute approximate surface area is 154 Å². The second-order valence-corrected chi connectivity index (χ2v) is 6.16. The molecule has 0 aliphatic carbocycles. The maximum absolute atomic E-state index is 12.4. The summed E-state index contributed by atoms with van der Waals surface area (Å²) in [5, 5.41) is 5.68. The number of rotatable bonds is 6. The molecule has 2 aromatic carbocycles. The second kappa shape index (κ2) is 8.26. The quantitative estimate of drug-likeness (QED) is 0.673. The number of esters is 1. The minimum absolute atomic E-state index is 0.209. The molecule has 3 aromatic rings. The third-order valence-electron chi connectivity index (χ3n) is 3.50. The SMILES string of the molecule is COC(=O)COc1cccc(C(=O)Nc2ccc(-c3nccs3)cc2)c1. The van der Waals surface area contributed by atoms with Crippen LogP contribution in [0.3, 0.4) is 0 Å². The minimum atomic E-state index is -0.486. The number of hydrogen-bond donors (Lipinski definition) is 1. The highest BCUT2D eigenvalue weighted by Crippen LogP contribution is 2.23. The minimum Gasteiger partial charge on any atom is -0.482 e. The summed E-state index contributed by atoms with van der Waals surface area (Å²) in [7, 11) is 1.29. The lowest BCUT2D eigenvalue weighted by Crippen LogP contribution is -2.14. The van der Waals surface area contributed by atoms with Crippen molar-refractivity contribution in [1.82, 2.24) is 4.98 Å². The highest BCUT2D eigenvalue weighted by molar-refractivity contribution is 7.13. The number of aromatic nitrogens is 1. The zero-order valence-electron chi connectivity index (χ0n) is 14.0. The van der Waals surface area contributed by atoms with Gasteiger partial charge in [0, 0.05) is 28.4 Å². The highest BCUT2D eigenvalue weighted by atomic mass is 32.1. The fraction of sp³-hybridized carbons (Fsp3) is 0.105. The van der Waals surface area contributed by atoms with Crippen molar-refractivity contribution >= 4 is 28.9 Å². The summed E-state index contributed by atoms with van der Waals surface area (Å²) >= 11 is 1.56. The van der Waals surface area contributed by atoms with E-state index in [0.717, 1.165) is 10.6 Å². The maximum Gasteiger partial charge on any atom is 0.343 e. The average molecular weight is 368 g/mol. The summed E-state index contributed by atoms with van der Waals surface area (Å²) in [5.74, 6) is -0.335. The molecule has 1 N–H and O–H groups in total. The van der Waals surface area contributed by atoms with Crippen LogP contribution < -0.4 is 10.1 Å². The van der Waals surface area contributed by atoms with Crippen LogP contribution in [-0.4, -0.2) is 30.6 Å². The van der Waals surface area contributed by atoms with E-state index in [1.807, 2.05) is 29.6 Å². The Morgan fingerprint density at radius 3 is 2.65 bits per heavy atom. The molecule has 0 saturated heterocycles. The molecule has 0 radical (unpaired) electrons. The number of nitrogens with zero attached hydrogens (tertiary/aromatic N) is 1. The summed E-state index contributed by atoms with van der Waals surface area (Å²) in [6.45, 7) is -0.209. The Kier molecular flexibility index (Phi) is 5.60. The predicted octanol–water partition coefficient (Wildman–Crippen LogP) is 3.61. The van der Waals surface area contributed by atoms with Crippen LogP contribution in [-0.2, 0) is 9.53 Å². The fourth-order valence-corrected chi connectivity index (χ4v) is 2.84. The molecular weight excluding hydrogens is 352 g/mol. The van der Waals surface area contributed by atoms with Crippen molar-refractivity contribution in [2.45, 2.75) is 0 Å². The topological polar surface area (TPSA) is 77.5 Å². The number of benzene rings is 2. The van der Waals surface area contributed by atoms with E-state index in [1.54, 1.807) is 41.8 Å². The Morgan fingerprint density at radius 1 is 1.15 bits per heavy atom. The van der Waals surface area contributed by atoms with Crippen LogP contribution in [0.2, 0.25) is 0 Å². The molecule has 1 aromatic heterocycles. The van der Waals surface area contributed by atoms with Gasteiger partial charge in [-0.25, -0.2) is 9.78 Å². The maximum atomic E-state index is 12.4. The van der Waals surface area contributed by atoms with Crippen LogP contribution in [0.15, 0.2) is 60.1 Å². The van der Waals surface area contributed by atoms with Crippen molar-refractivity contribution in [2.75, 3.05) is 19.0 Å². The number of amides is 1. The molecule has 6 nitrogen and oxygen atoms in total. The molecule has 0 unspecified atom stereocenters. The first-order chi connectivity index (χ1) is 12.7. The van der Waals surface area contributed by atoms with Gasteiger partial charge in [-0.3, -0.25) is 4.79 Å². The van der Waals surface area contributed by atoms with Gasteiger partial charge in [0.05, 0.1) is 7.11 Å². The van der Waals surface area contributed by atoms with Gasteiger partial charge in [0.2, 0.25) is 0 Å². The molecule has 0 aliphatic rings. The van der Waals surface area contributed by atoms with Crippen LogP contribution in [0.25, 0.3) is 10.6 Å². The summed E-state index contributed by atoms with van der Waals surface area (Å²) in [6.07, 6.45) is 1.75. The number of thiazole rings is 1. The Morgan fingerprint density at radius 2 is 1.96 bits per heavy atom. The fourth-order valence-electron chi connectivity index (χ4n) is 2.19. The molecule has 1 amide bonds. The van der Waals surface area contributed by atoms with Gasteiger partial charge in [-0.15, -0.1) is 11.3 Å². The Bertz CT molecular complexity index is 892. The van der Waals surface area contributed by atoms with Crippen molar-refractivity contribution in [3.8, 4) is 16.3 Å². The molecule has 0 fully saturated rings. The van der Waals surface area contributed by atoms with E-state index >= 15 is 0 Å². The molecule has 1 heterocycles. The lowest BCUT2D eigenvalue weighted by Gasteiger charge is -2.08. The van der Waals surface area contributed by atoms with Gasteiger partial charge in [0.15, 0.2) is 6.61 Å². The third-order valence-corrected chi connectivity index (χ3v) is 4.32. The monoisotopic (exact) mass is 368 g/mol. The molecule has 26 heavy (non-hydrogen) atoms. The van der Waals surface area contributed by atoms with Crippen molar-refractivity contribution < 1.29 is 19.1 Å². The van der Waals surface area contributed by atoms with Crippen LogP contribution >= 0.6 is 11.3 Å². The number of anilines is 1. The van der Waals surface area contributed by atoms with Gasteiger partial charge in [-0.2, -0.15) is 0 Å². The van der Waals surface area contributed by atoms with Gasteiger partial charge in [-0.05, 0) is 42.5 Å². The van der Waals surface area contributed by atoms with Crippen molar-refractivity contribution in [3.05, 3.63) is 65.7 Å². The van der Waals surface area contributed by atoms with Crippen molar-refractivity contribution in [1.29, 1.82) is 0 Å². The van der Waals surface area contributed by atoms with Gasteiger partial charge in [0.25, 0.3) is 5.91 Å². The molecule has 132 valence electrons. The summed E-state index contributed by atoms with van der Waals surface area (Å²) < 4.78 is 9.81. The first-order valence-corrected chi connectivity index (χ1v) is 8.64. The Balaban J connectivity index is 1.65. The number of carbonyl (C=O) groups is 2. The van der Waals surface area contributed by atoms with E-state index in [4.69, 9.17) is 4.74 Å². The van der Waals surface area contributed by atoms with E-state index in [-0.39, 0.29) is 12.5 Å². The van der Waals surface area contributed by atoms with Crippen LogP contribution in [0.5, 0.6) is 5.75 Å². The third kappa shape index (κ3) is 4.46. The average Bonchev–Trinajstić information content (AvgIpc) is 3.21. The van der Waals surface area contributed by atoms with E-state index in [0.29, 0.717) is 17.0 Å². The second-order valence-electron chi connectivity index (χ2n) is 5.26. The molecular formula is C19H16N2O4S. The number of hydrogen-bond acceptors (Lipinski definition) is 6. The predicted molar refractivity (Wildman–Crippen MR) is 99.5 cm³/mol. The molecule has 3 rings (SSSR count). The van der Waals surface area contributed by atoms with E-state index < -0.39 is 5.97 Å². The summed E-state index contributed by atoms with van der Waals surface area (Å²) in [6, 6.07) is 14.1. The number of methoxy groups -OCH3 is 1. The number of ether oxygens (including phenoxy) is 2. The molecule has 0 bridgehead atoms. The number of nitrogens with one attached hydrogen (secondary N) is 1. The van der Waals surface area contributed by atoms with Gasteiger partial charge < -0.3 is 14.8 Å². The lowest BCUT2D eigenvalue weighted by molar-refractivity contribution is -0.142. The smallest absolute Gasteiger partial charge is 0.343 e. The highest BCUT2D eigenvalue weighted by Gasteiger charge is 2.09. The van der Waals surface area contributed by atoms with Gasteiger partial charge >= 0.3 is 5.97 Å². The Hall–Kier alpha value is -3.19. The lowest BCUT2D eigenvalue weighted by atomic mass is 10.1. The standard InChI is InChI=1S/C19H16N2O4S/c1-24-17(22)12-25-16-4-2-3-14(11-16)18(23)21-15-7-5-13(6-8-15)19-20-9-10-26-19/h2-11H,12H2,1H3,(H,21,23). The summed E-state index contributed by atoms with van der Waals surface area (Å²) in [4.78, 5) is 27.8. The summed E-state index contributed by atoms with van der Waals surface area (Å²) in [5.41, 5.74) is 2.10. The normalized spacial score (nSPS) is 10.2. The molecule has 0 spiro atoms. The van der Waals surface area contributed by atoms with Gasteiger partial charge in [0.1, 0.15) is 10.8 Å². The van der Waals surface area contributed by atoms with Crippen LogP contribution in [0, 0.1) is 0 Å². The van der Waals surface area contributed by atoms with E-state index in [2.05, 4.69) is 15.0 Å². The van der Waals surface area contributed by atoms with Crippen LogP contribution in [0.4, 0.5) is 5.69 Å². The first kappa shape index (κ1) is 17.6. The zero-order chi connectivity index (χ0) is 18.4. The van der Waals surface area contributed by atoms with E-state index in [1.165, 1.54) is 7.11 Å². The number of carbonyl (C=O) groups excluding carboxylic acids is 2. The first-order valence-electron chi connectivity index (χ1n) is 7.76. The molecule has 7 heteroatoms. The largest absolute Gasteiger partial charge is 0.482 e. The van der Waals surface area contributed by atoms with Crippen molar-refractivity contribution in [3.63, 3.8) is 0 Å². The van der Waals surface area contributed by atoms with Crippen molar-refractivity contribution in [2.24, 2.45) is 0 Å². The molecule has 0 saturated carbocycles. The van der Waals surface area contributed by atoms with E-state index in [9.17, 15) is 9.59 Å². The molecule has 0 atom stereocenters. The zero-order valence-corrected chi connectivity index (χ0v) is 14.8.